The minimum absolute atomic E-state index is 0. The second-order valence-corrected chi connectivity index (χ2v) is 3.30. The highest BCUT2D eigenvalue weighted by Gasteiger charge is 2.06. The van der Waals surface area contributed by atoms with Crippen molar-refractivity contribution >= 4 is 11.3 Å². The summed E-state index contributed by atoms with van der Waals surface area (Å²) in [6.07, 6.45) is 0. The normalized spacial score (nSPS) is 8.25. The van der Waals surface area contributed by atoms with Gasteiger partial charge < -0.3 is 11.2 Å². The van der Waals surface area contributed by atoms with Crippen LogP contribution in [0.1, 0.15) is 37.5 Å². The monoisotopic (exact) mass is 221 g/mol. The van der Waals surface area contributed by atoms with Crippen molar-refractivity contribution in [1.29, 1.82) is 0 Å². The Balaban J connectivity index is 0. The topological polar surface area (TPSA) is 57.5 Å². The van der Waals surface area contributed by atoms with E-state index in [1.165, 1.54) is 5.56 Å². The number of aryl methyl sites for hydroxylation is 1. The van der Waals surface area contributed by atoms with E-state index in [0.717, 1.165) is 16.7 Å². The lowest BCUT2D eigenvalue weighted by molar-refractivity contribution is 0.824. The molecule has 0 atom stereocenters. The van der Waals surface area contributed by atoms with Gasteiger partial charge in [-0.25, -0.2) is 0 Å². The lowest BCUT2D eigenvalue weighted by atomic mass is 9.95. The lowest BCUT2D eigenvalue weighted by Gasteiger charge is -2.11. The Labute approximate surface area is 98.8 Å². The van der Waals surface area contributed by atoms with Crippen LogP contribution in [0, 0.1) is 6.92 Å². The second kappa shape index (κ2) is 7.71. The predicted octanol–water partition coefficient (Wildman–Crippen LogP) is 3.16. The van der Waals surface area contributed by atoms with Gasteiger partial charge in [-0.2, -0.15) is 0 Å². The van der Waals surface area contributed by atoms with Crippen LogP contribution in [0.5, 0.6) is 0 Å². The van der Waals surface area contributed by atoms with Gasteiger partial charge in [0.2, 0.25) is 0 Å². The number of benzene rings is 1. The molecule has 0 radical (unpaired) electrons. The van der Waals surface area contributed by atoms with Crippen molar-refractivity contribution in [3.05, 3.63) is 48.0 Å². The van der Waals surface area contributed by atoms with Crippen molar-refractivity contribution in [2.45, 2.75) is 27.7 Å². The van der Waals surface area contributed by atoms with Crippen molar-refractivity contribution in [2.75, 3.05) is 0 Å². The largest absolute Gasteiger partial charge is 0.412 e. The number of hydrogen-bond donors (Lipinski definition) is 1. The Morgan fingerprint density at radius 2 is 1.69 bits per heavy atom. The first kappa shape index (κ1) is 16.9. The molecule has 0 fully saturated rings. The Bertz CT molecular complexity index is 367. The summed E-state index contributed by atoms with van der Waals surface area (Å²) >= 11 is 0. The molecule has 0 spiro atoms. The third kappa shape index (κ3) is 3.91. The summed E-state index contributed by atoms with van der Waals surface area (Å²) in [6.45, 7) is 15.7. The zero-order valence-electron chi connectivity index (χ0n) is 10.7. The molecule has 0 saturated carbocycles. The third-order valence-electron chi connectivity index (χ3n) is 2.05. The molecule has 2 nitrogen and oxygen atoms in total. The van der Waals surface area contributed by atoms with Crippen LogP contribution in [0.15, 0.2) is 31.4 Å². The molecule has 0 aliphatic rings. The maximum absolute atomic E-state index is 5.69. The van der Waals surface area contributed by atoms with Crippen molar-refractivity contribution in [3.8, 4) is 0 Å². The molecule has 0 aliphatic heterocycles. The molecule has 1 rings (SSSR count). The maximum Gasteiger partial charge on any atom is 0.0320 e. The molecule has 1 aromatic rings. The minimum atomic E-state index is 0. The Morgan fingerprint density at radius 1 is 1.19 bits per heavy atom. The van der Waals surface area contributed by atoms with Crippen LogP contribution >= 0.6 is 0 Å². The van der Waals surface area contributed by atoms with Crippen molar-refractivity contribution in [2.24, 2.45) is 5.73 Å². The van der Waals surface area contributed by atoms with Gasteiger partial charge in [-0.3, -0.25) is 0 Å². The Morgan fingerprint density at radius 3 is 2.00 bits per heavy atom. The van der Waals surface area contributed by atoms with Crippen LogP contribution in [-0.4, -0.2) is 5.48 Å². The summed E-state index contributed by atoms with van der Waals surface area (Å²) in [5, 5.41) is 0. The smallest absolute Gasteiger partial charge is 0.0320 e. The summed E-state index contributed by atoms with van der Waals surface area (Å²) < 4.78 is 0. The van der Waals surface area contributed by atoms with Crippen LogP contribution in [0.2, 0.25) is 0 Å². The van der Waals surface area contributed by atoms with Gasteiger partial charge in [0.25, 0.3) is 0 Å². The number of allylic oxidation sites excluding steroid dienone is 1. The molecule has 0 unspecified atom stereocenters. The quantitative estimate of drug-likeness (QED) is 0.819. The van der Waals surface area contributed by atoms with E-state index >= 15 is 0 Å². The fourth-order valence-corrected chi connectivity index (χ4v) is 1.50. The fourth-order valence-electron chi connectivity index (χ4n) is 1.50. The molecule has 0 saturated heterocycles. The number of hydrogen-bond acceptors (Lipinski definition) is 1. The zero-order valence-corrected chi connectivity index (χ0v) is 10.7. The Kier molecular flexibility index (Phi) is 8.13. The van der Waals surface area contributed by atoms with E-state index in [2.05, 4.69) is 26.1 Å². The van der Waals surface area contributed by atoms with Crippen LogP contribution in [0.4, 0.5) is 0 Å². The van der Waals surface area contributed by atoms with Gasteiger partial charge in [0.05, 0.1) is 0 Å². The molecule has 0 heterocycles. The van der Waals surface area contributed by atoms with Gasteiger partial charge in [-0.1, -0.05) is 50.8 Å². The highest BCUT2D eigenvalue weighted by atomic mass is 16.0. The van der Waals surface area contributed by atoms with Crippen LogP contribution in [0.3, 0.4) is 0 Å². The van der Waals surface area contributed by atoms with Gasteiger partial charge in [0.1, 0.15) is 0 Å². The van der Waals surface area contributed by atoms with Gasteiger partial charge in [0.15, 0.2) is 0 Å². The summed E-state index contributed by atoms with van der Waals surface area (Å²) in [5.41, 5.74) is 10.6. The van der Waals surface area contributed by atoms with Crippen molar-refractivity contribution < 1.29 is 5.48 Å². The fraction of sp³-hybridized carbons (Fsp3) is 0.286. The first-order valence-electron chi connectivity index (χ1n) is 5.24. The molecule has 2 heteroatoms. The zero-order chi connectivity index (χ0) is 12.0. The molecule has 4 N–H and O–H groups in total. The number of rotatable bonds is 2. The summed E-state index contributed by atoms with van der Waals surface area (Å²) in [5.74, 6) is 0. The highest BCUT2D eigenvalue weighted by Crippen LogP contribution is 2.24. The van der Waals surface area contributed by atoms with E-state index in [1.54, 1.807) is 0 Å². The Hall–Kier alpha value is -1.54. The first-order valence-corrected chi connectivity index (χ1v) is 5.24. The van der Waals surface area contributed by atoms with E-state index in [4.69, 9.17) is 5.73 Å². The molecular weight excluding hydrogens is 198 g/mol. The van der Waals surface area contributed by atoms with Crippen molar-refractivity contribution in [3.63, 3.8) is 0 Å². The molecule has 16 heavy (non-hydrogen) atoms. The molecule has 0 bridgehead atoms. The SMILES string of the molecule is C=C(N)c1cccc(C)c1C(=C)C.CC.O. The van der Waals surface area contributed by atoms with Gasteiger partial charge in [0, 0.05) is 11.3 Å². The molecular formula is C14H23NO. The minimum Gasteiger partial charge on any atom is -0.412 e. The third-order valence-corrected chi connectivity index (χ3v) is 2.05. The molecule has 1 aromatic carbocycles. The maximum atomic E-state index is 5.69. The number of nitrogens with two attached hydrogens (primary N) is 1. The van der Waals surface area contributed by atoms with E-state index < -0.39 is 0 Å². The van der Waals surface area contributed by atoms with E-state index in [9.17, 15) is 0 Å². The molecule has 0 aliphatic carbocycles. The standard InChI is InChI=1S/C12H15N.C2H6.H2O/c1-8(2)12-9(3)6-5-7-11(12)10(4)13;1-2;/h5-7H,1,4,13H2,2-3H3;1-2H3;1H2. The molecule has 0 amide bonds. The predicted molar refractivity (Wildman–Crippen MR) is 74.1 cm³/mol. The van der Waals surface area contributed by atoms with Crippen LogP contribution in [0.25, 0.3) is 11.3 Å². The van der Waals surface area contributed by atoms with E-state index in [0.29, 0.717) is 5.70 Å². The second-order valence-electron chi connectivity index (χ2n) is 3.30. The first-order chi connectivity index (χ1) is 7.04. The van der Waals surface area contributed by atoms with Crippen molar-refractivity contribution in [1.82, 2.24) is 0 Å². The lowest BCUT2D eigenvalue weighted by Crippen LogP contribution is -1.99. The van der Waals surface area contributed by atoms with Gasteiger partial charge in [-0.15, -0.1) is 0 Å². The van der Waals surface area contributed by atoms with Crippen LogP contribution < -0.4 is 5.73 Å². The summed E-state index contributed by atoms with van der Waals surface area (Å²) in [6, 6.07) is 6.00. The molecule has 0 aromatic heterocycles. The summed E-state index contributed by atoms with van der Waals surface area (Å²) in [7, 11) is 0. The molecule has 90 valence electrons. The van der Waals surface area contributed by atoms with E-state index in [-0.39, 0.29) is 5.48 Å². The average molecular weight is 221 g/mol. The van der Waals surface area contributed by atoms with Gasteiger partial charge >= 0.3 is 0 Å². The van der Waals surface area contributed by atoms with E-state index in [1.807, 2.05) is 32.9 Å². The highest BCUT2D eigenvalue weighted by molar-refractivity contribution is 5.77. The van der Waals surface area contributed by atoms with Gasteiger partial charge in [-0.05, 0) is 25.0 Å². The summed E-state index contributed by atoms with van der Waals surface area (Å²) in [4.78, 5) is 0. The average Bonchev–Trinajstić information content (AvgIpc) is 2.19. The van der Waals surface area contributed by atoms with Crippen LogP contribution in [-0.2, 0) is 0 Å².